The molecule has 0 aliphatic heterocycles. The Kier molecular flexibility index (Phi) is 6.87. The fourth-order valence-electron chi connectivity index (χ4n) is 3.08. The van der Waals surface area contributed by atoms with Gasteiger partial charge < -0.3 is 14.8 Å². The van der Waals surface area contributed by atoms with Crippen LogP contribution in [0.15, 0.2) is 18.2 Å². The summed E-state index contributed by atoms with van der Waals surface area (Å²) in [4.78, 5) is 0. The van der Waals surface area contributed by atoms with Crippen LogP contribution in [0.1, 0.15) is 57.4 Å². The average Bonchev–Trinajstić information content (AvgIpc) is 2.47. The van der Waals surface area contributed by atoms with Gasteiger partial charge in [-0.3, -0.25) is 0 Å². The molecule has 1 aromatic rings. The van der Waals surface area contributed by atoms with E-state index in [0.29, 0.717) is 12.6 Å². The second-order valence-corrected chi connectivity index (χ2v) is 5.80. The van der Waals surface area contributed by atoms with Crippen molar-refractivity contribution in [1.29, 1.82) is 0 Å². The Morgan fingerprint density at radius 1 is 1.10 bits per heavy atom. The third-order valence-corrected chi connectivity index (χ3v) is 4.26. The van der Waals surface area contributed by atoms with Crippen LogP contribution in [0.2, 0.25) is 0 Å². The number of rotatable bonds is 6. The molecule has 0 spiro atoms. The second-order valence-electron chi connectivity index (χ2n) is 5.80. The van der Waals surface area contributed by atoms with Crippen LogP contribution in [0.5, 0.6) is 11.5 Å². The van der Waals surface area contributed by atoms with Gasteiger partial charge in [0, 0.05) is 18.2 Å². The summed E-state index contributed by atoms with van der Waals surface area (Å²) in [5.41, 5.74) is 1.19. The molecule has 0 bridgehead atoms. The Bertz CT molecular complexity index is 412. The van der Waals surface area contributed by atoms with E-state index in [1.807, 2.05) is 19.1 Å². The van der Waals surface area contributed by atoms with E-state index >= 15 is 0 Å². The van der Waals surface area contributed by atoms with E-state index in [1.54, 1.807) is 7.11 Å². The molecule has 0 aromatic heterocycles. The highest BCUT2D eigenvalue weighted by Crippen LogP contribution is 2.31. The Labute approximate surface area is 129 Å². The maximum Gasteiger partial charge on any atom is 0.165 e. The van der Waals surface area contributed by atoms with Crippen LogP contribution in [-0.2, 0) is 6.54 Å². The highest BCUT2D eigenvalue weighted by atomic mass is 16.5. The number of hydrogen-bond donors (Lipinski definition) is 1. The van der Waals surface area contributed by atoms with Gasteiger partial charge in [0.25, 0.3) is 0 Å². The van der Waals surface area contributed by atoms with Crippen molar-refractivity contribution >= 4 is 0 Å². The fraction of sp³-hybridized carbons (Fsp3) is 0.667. The summed E-state index contributed by atoms with van der Waals surface area (Å²) >= 11 is 0. The molecule has 2 rings (SSSR count). The first-order chi connectivity index (χ1) is 10.3. The molecular weight excluding hydrogens is 262 g/mol. The van der Waals surface area contributed by atoms with Crippen molar-refractivity contribution < 1.29 is 9.47 Å². The summed E-state index contributed by atoms with van der Waals surface area (Å²) in [5, 5.41) is 3.72. The van der Waals surface area contributed by atoms with Gasteiger partial charge >= 0.3 is 0 Å². The largest absolute Gasteiger partial charge is 0.493 e. The van der Waals surface area contributed by atoms with Gasteiger partial charge in [-0.05, 0) is 25.8 Å². The summed E-state index contributed by atoms with van der Waals surface area (Å²) in [7, 11) is 1.70. The molecule has 1 fully saturated rings. The third kappa shape index (κ3) is 4.92. The van der Waals surface area contributed by atoms with Crippen LogP contribution in [0, 0.1) is 0 Å². The molecule has 0 unspecified atom stereocenters. The van der Waals surface area contributed by atoms with E-state index in [9.17, 15) is 0 Å². The lowest BCUT2D eigenvalue weighted by Gasteiger charge is -2.22. The van der Waals surface area contributed by atoms with Crippen LogP contribution in [-0.4, -0.2) is 19.8 Å². The number of hydrogen-bond acceptors (Lipinski definition) is 3. The quantitative estimate of drug-likeness (QED) is 0.848. The molecule has 1 saturated carbocycles. The molecule has 118 valence electrons. The molecule has 0 saturated heterocycles. The number of nitrogens with one attached hydrogen (secondary N) is 1. The topological polar surface area (TPSA) is 30.5 Å². The zero-order chi connectivity index (χ0) is 14.9. The van der Waals surface area contributed by atoms with Crippen LogP contribution in [0.3, 0.4) is 0 Å². The second kappa shape index (κ2) is 8.93. The van der Waals surface area contributed by atoms with E-state index in [0.717, 1.165) is 18.0 Å². The molecule has 3 nitrogen and oxygen atoms in total. The molecule has 1 N–H and O–H groups in total. The average molecular weight is 291 g/mol. The first-order valence-corrected chi connectivity index (χ1v) is 8.37. The molecule has 0 heterocycles. The highest BCUT2D eigenvalue weighted by molar-refractivity contribution is 5.46. The number of para-hydroxylation sites is 1. The first-order valence-electron chi connectivity index (χ1n) is 8.37. The van der Waals surface area contributed by atoms with Gasteiger partial charge in [0.05, 0.1) is 13.7 Å². The monoisotopic (exact) mass is 291 g/mol. The van der Waals surface area contributed by atoms with Crippen LogP contribution in [0.4, 0.5) is 0 Å². The zero-order valence-electron chi connectivity index (χ0n) is 13.5. The molecule has 1 aliphatic carbocycles. The number of benzene rings is 1. The lowest BCUT2D eigenvalue weighted by Crippen LogP contribution is -2.29. The SMILES string of the molecule is CCOc1c(CNC2CCCCCCC2)cccc1OC. The highest BCUT2D eigenvalue weighted by Gasteiger charge is 2.14. The molecule has 0 radical (unpaired) electrons. The maximum atomic E-state index is 5.78. The number of ether oxygens (including phenoxy) is 2. The van der Waals surface area contributed by atoms with E-state index < -0.39 is 0 Å². The number of methoxy groups -OCH3 is 1. The van der Waals surface area contributed by atoms with Crippen LogP contribution < -0.4 is 14.8 Å². The molecule has 21 heavy (non-hydrogen) atoms. The normalized spacial score (nSPS) is 17.0. The van der Waals surface area contributed by atoms with Gasteiger partial charge in [-0.1, -0.05) is 44.2 Å². The Morgan fingerprint density at radius 2 is 1.81 bits per heavy atom. The van der Waals surface area contributed by atoms with Crippen LogP contribution >= 0.6 is 0 Å². The van der Waals surface area contributed by atoms with Gasteiger partial charge in [0.15, 0.2) is 11.5 Å². The van der Waals surface area contributed by atoms with Crippen molar-refractivity contribution in [3.63, 3.8) is 0 Å². The first kappa shape index (κ1) is 16.2. The van der Waals surface area contributed by atoms with E-state index in [4.69, 9.17) is 9.47 Å². The van der Waals surface area contributed by atoms with E-state index in [-0.39, 0.29) is 0 Å². The summed E-state index contributed by atoms with van der Waals surface area (Å²) < 4.78 is 11.2. The van der Waals surface area contributed by atoms with Gasteiger partial charge in [-0.2, -0.15) is 0 Å². The Morgan fingerprint density at radius 3 is 2.48 bits per heavy atom. The zero-order valence-corrected chi connectivity index (χ0v) is 13.5. The van der Waals surface area contributed by atoms with Crippen molar-refractivity contribution in [3.8, 4) is 11.5 Å². The van der Waals surface area contributed by atoms with Crippen molar-refractivity contribution in [2.24, 2.45) is 0 Å². The Hall–Kier alpha value is -1.22. The molecule has 1 aliphatic rings. The minimum atomic E-state index is 0.644. The van der Waals surface area contributed by atoms with Crippen molar-refractivity contribution in [1.82, 2.24) is 5.32 Å². The van der Waals surface area contributed by atoms with E-state index in [2.05, 4.69) is 11.4 Å². The molecule has 0 atom stereocenters. The summed E-state index contributed by atoms with van der Waals surface area (Å²) in [6, 6.07) is 6.77. The maximum absolute atomic E-state index is 5.78. The van der Waals surface area contributed by atoms with Gasteiger partial charge in [-0.15, -0.1) is 0 Å². The predicted molar refractivity (Wildman–Crippen MR) is 87.1 cm³/mol. The Balaban J connectivity index is 1.97. The smallest absolute Gasteiger partial charge is 0.165 e. The molecule has 0 amide bonds. The summed E-state index contributed by atoms with van der Waals surface area (Å²) in [5.74, 6) is 1.72. The van der Waals surface area contributed by atoms with Gasteiger partial charge in [0.1, 0.15) is 0 Å². The minimum absolute atomic E-state index is 0.644. The fourth-order valence-corrected chi connectivity index (χ4v) is 3.08. The lowest BCUT2D eigenvalue weighted by atomic mass is 9.96. The molecular formula is C18H29NO2. The van der Waals surface area contributed by atoms with Crippen molar-refractivity contribution in [2.75, 3.05) is 13.7 Å². The molecule has 1 aromatic carbocycles. The summed E-state index contributed by atoms with van der Waals surface area (Å²) in [6.07, 6.45) is 9.50. The van der Waals surface area contributed by atoms with Gasteiger partial charge in [0.2, 0.25) is 0 Å². The molecule has 3 heteroatoms. The van der Waals surface area contributed by atoms with E-state index in [1.165, 1.54) is 50.5 Å². The van der Waals surface area contributed by atoms with Crippen molar-refractivity contribution in [3.05, 3.63) is 23.8 Å². The van der Waals surface area contributed by atoms with Crippen molar-refractivity contribution in [2.45, 2.75) is 64.5 Å². The third-order valence-electron chi connectivity index (χ3n) is 4.26. The standard InChI is InChI=1S/C18H29NO2/c1-3-21-18-15(10-9-13-17(18)20-2)14-19-16-11-7-5-4-6-8-12-16/h9-10,13,16,19H,3-8,11-12,14H2,1-2H3. The predicted octanol–water partition coefficient (Wildman–Crippen LogP) is 4.30. The summed E-state index contributed by atoms with van der Waals surface area (Å²) in [6.45, 7) is 3.53. The minimum Gasteiger partial charge on any atom is -0.493 e. The van der Waals surface area contributed by atoms with Crippen LogP contribution in [0.25, 0.3) is 0 Å². The van der Waals surface area contributed by atoms with Gasteiger partial charge in [-0.25, -0.2) is 0 Å². The lowest BCUT2D eigenvalue weighted by molar-refractivity contribution is 0.305.